The summed E-state index contributed by atoms with van der Waals surface area (Å²) in [5.41, 5.74) is 13.8. The smallest absolute Gasteiger partial charge is 0.0554 e. The van der Waals surface area contributed by atoms with Crippen LogP contribution in [0.5, 0.6) is 0 Å². The molecule has 7 aromatic carbocycles. The summed E-state index contributed by atoms with van der Waals surface area (Å²) in [7, 11) is 0. The number of para-hydroxylation sites is 1. The minimum atomic E-state index is -0.0933. The molecule has 242 valence electrons. The van der Waals surface area contributed by atoms with Crippen molar-refractivity contribution in [3.8, 4) is 33.4 Å². The van der Waals surface area contributed by atoms with Gasteiger partial charge in [0.1, 0.15) is 0 Å². The maximum absolute atomic E-state index is 2.45. The number of anilines is 3. The second-order valence-electron chi connectivity index (χ2n) is 14.6. The first-order valence-corrected chi connectivity index (χ1v) is 18.3. The van der Waals surface area contributed by atoms with Gasteiger partial charge < -0.3 is 4.90 Å². The van der Waals surface area contributed by atoms with Crippen LogP contribution in [0.4, 0.5) is 17.1 Å². The SMILES string of the molecule is CC1(C)c2cc(-c3ccccc3)ccc2-c2c(-c3cccc(N(c4ccccc4)c4cccc5sc6ccccc6c45)c3)cccc2C1(C)C. The Labute approximate surface area is 299 Å². The number of fused-ring (bicyclic) bond motifs is 6. The van der Waals surface area contributed by atoms with Gasteiger partial charge >= 0.3 is 0 Å². The summed E-state index contributed by atoms with van der Waals surface area (Å²) in [6, 6.07) is 60.3. The first kappa shape index (κ1) is 30.6. The van der Waals surface area contributed by atoms with Gasteiger partial charge in [0.05, 0.1) is 5.69 Å². The van der Waals surface area contributed by atoms with Crippen molar-refractivity contribution in [3.63, 3.8) is 0 Å². The standard InChI is InChI=1S/C48H39NS/c1-47(2)40-24-14-23-37(45(40)38-29-28-33(31-41(38)48(47,3)4)32-16-7-5-8-17-32)34-18-13-21-36(30-34)49(35-19-9-6-10-20-35)42-25-15-27-44-46(42)39-22-11-12-26-43(39)50-44/h5-31H,1-4H3. The van der Waals surface area contributed by atoms with Gasteiger partial charge in [0.15, 0.2) is 0 Å². The van der Waals surface area contributed by atoms with Crippen LogP contribution < -0.4 is 4.90 Å². The molecule has 0 spiro atoms. The number of thiophene rings is 1. The van der Waals surface area contributed by atoms with Crippen LogP contribution in [0, 0.1) is 0 Å². The lowest BCUT2D eigenvalue weighted by molar-refractivity contribution is 0.299. The zero-order valence-electron chi connectivity index (χ0n) is 28.9. The molecule has 0 saturated heterocycles. The van der Waals surface area contributed by atoms with E-state index in [0.717, 1.165) is 11.4 Å². The molecule has 8 aromatic rings. The molecular weight excluding hydrogens is 623 g/mol. The van der Waals surface area contributed by atoms with Gasteiger partial charge in [0.2, 0.25) is 0 Å². The summed E-state index contributed by atoms with van der Waals surface area (Å²) in [6.45, 7) is 9.69. The molecule has 0 atom stereocenters. The number of hydrogen-bond acceptors (Lipinski definition) is 2. The summed E-state index contributed by atoms with van der Waals surface area (Å²) in [5.74, 6) is 0. The average molecular weight is 662 g/mol. The minimum Gasteiger partial charge on any atom is -0.310 e. The molecule has 1 heterocycles. The highest BCUT2D eigenvalue weighted by molar-refractivity contribution is 7.26. The van der Waals surface area contributed by atoms with Crippen LogP contribution in [0.2, 0.25) is 0 Å². The average Bonchev–Trinajstić information content (AvgIpc) is 3.54. The maximum atomic E-state index is 2.45. The van der Waals surface area contributed by atoms with Crippen molar-refractivity contribution in [2.75, 3.05) is 4.90 Å². The van der Waals surface area contributed by atoms with Crippen molar-refractivity contribution < 1.29 is 0 Å². The molecule has 1 aromatic heterocycles. The summed E-state index contributed by atoms with van der Waals surface area (Å²) in [6.07, 6.45) is 0. The molecule has 0 bridgehead atoms. The third-order valence-corrected chi connectivity index (χ3v) is 12.6. The molecule has 1 nitrogen and oxygen atoms in total. The molecule has 0 N–H and O–H groups in total. The van der Waals surface area contributed by atoms with Crippen LogP contribution in [0.1, 0.15) is 38.8 Å². The second-order valence-corrected chi connectivity index (χ2v) is 15.7. The van der Waals surface area contributed by atoms with Gasteiger partial charge in [-0.2, -0.15) is 0 Å². The quantitative estimate of drug-likeness (QED) is 0.177. The van der Waals surface area contributed by atoms with E-state index < -0.39 is 0 Å². The van der Waals surface area contributed by atoms with E-state index in [-0.39, 0.29) is 10.8 Å². The van der Waals surface area contributed by atoms with Crippen LogP contribution in [-0.4, -0.2) is 0 Å². The molecule has 0 amide bonds. The lowest BCUT2D eigenvalue weighted by atomic mass is 9.54. The molecule has 0 unspecified atom stereocenters. The zero-order chi connectivity index (χ0) is 34.0. The van der Waals surface area contributed by atoms with Gasteiger partial charge in [0, 0.05) is 31.5 Å². The van der Waals surface area contributed by atoms with Gasteiger partial charge in [-0.05, 0) is 104 Å². The van der Waals surface area contributed by atoms with Crippen LogP contribution in [-0.2, 0) is 10.8 Å². The fourth-order valence-electron chi connectivity index (χ4n) is 8.13. The molecule has 0 radical (unpaired) electrons. The summed E-state index contributed by atoms with van der Waals surface area (Å²) < 4.78 is 2.61. The minimum absolute atomic E-state index is 0.0767. The van der Waals surface area contributed by atoms with Gasteiger partial charge in [0.25, 0.3) is 0 Å². The Morgan fingerprint density at radius 2 is 1.08 bits per heavy atom. The molecule has 0 fully saturated rings. The van der Waals surface area contributed by atoms with E-state index in [2.05, 4.69) is 196 Å². The van der Waals surface area contributed by atoms with E-state index in [0.29, 0.717) is 0 Å². The highest BCUT2D eigenvalue weighted by Gasteiger charge is 2.46. The van der Waals surface area contributed by atoms with Crippen LogP contribution in [0.15, 0.2) is 164 Å². The lowest BCUT2D eigenvalue weighted by Gasteiger charge is -2.49. The number of benzene rings is 7. The van der Waals surface area contributed by atoms with E-state index in [4.69, 9.17) is 0 Å². The van der Waals surface area contributed by atoms with E-state index in [1.165, 1.54) is 70.4 Å². The molecule has 0 aliphatic heterocycles. The van der Waals surface area contributed by atoms with E-state index in [1.54, 1.807) is 0 Å². The molecule has 50 heavy (non-hydrogen) atoms. The van der Waals surface area contributed by atoms with Crippen LogP contribution in [0.3, 0.4) is 0 Å². The highest BCUT2D eigenvalue weighted by Crippen LogP contribution is 2.57. The Bertz CT molecular complexity index is 2540. The van der Waals surface area contributed by atoms with Gasteiger partial charge in [-0.25, -0.2) is 0 Å². The van der Waals surface area contributed by atoms with E-state index >= 15 is 0 Å². The van der Waals surface area contributed by atoms with Crippen molar-refractivity contribution >= 4 is 48.6 Å². The molecule has 2 heteroatoms. The van der Waals surface area contributed by atoms with E-state index in [1.807, 2.05) is 11.3 Å². The number of nitrogens with zero attached hydrogens (tertiary/aromatic N) is 1. The Morgan fingerprint density at radius 1 is 0.440 bits per heavy atom. The lowest BCUT2D eigenvalue weighted by Crippen LogP contribution is -2.43. The first-order valence-electron chi connectivity index (χ1n) is 17.5. The van der Waals surface area contributed by atoms with Crippen molar-refractivity contribution in [2.45, 2.75) is 38.5 Å². The normalized spacial score (nSPS) is 14.3. The Hall–Kier alpha value is -5.44. The Kier molecular flexibility index (Phi) is 7.09. The fraction of sp³-hybridized carbons (Fsp3) is 0.125. The summed E-state index contributed by atoms with van der Waals surface area (Å²) >= 11 is 1.86. The third kappa shape index (κ3) is 4.66. The molecule has 9 rings (SSSR count). The molecule has 1 aliphatic rings. The predicted octanol–water partition coefficient (Wildman–Crippen LogP) is 14.1. The monoisotopic (exact) mass is 661 g/mol. The van der Waals surface area contributed by atoms with E-state index in [9.17, 15) is 0 Å². The highest BCUT2D eigenvalue weighted by atomic mass is 32.1. The third-order valence-electron chi connectivity index (χ3n) is 11.4. The number of hydrogen-bond donors (Lipinski definition) is 0. The van der Waals surface area contributed by atoms with Gasteiger partial charge in [-0.1, -0.05) is 143 Å². The van der Waals surface area contributed by atoms with Crippen LogP contribution in [0.25, 0.3) is 53.6 Å². The predicted molar refractivity (Wildman–Crippen MR) is 216 cm³/mol. The maximum Gasteiger partial charge on any atom is 0.0554 e. The largest absolute Gasteiger partial charge is 0.310 e. The van der Waals surface area contributed by atoms with Crippen LogP contribution >= 0.6 is 11.3 Å². The second kappa shape index (κ2) is 11.6. The summed E-state index contributed by atoms with van der Waals surface area (Å²) in [4.78, 5) is 2.44. The first-order chi connectivity index (χ1) is 24.3. The van der Waals surface area contributed by atoms with Gasteiger partial charge in [-0.3, -0.25) is 0 Å². The van der Waals surface area contributed by atoms with Crippen molar-refractivity contribution in [1.82, 2.24) is 0 Å². The fourth-order valence-corrected chi connectivity index (χ4v) is 9.25. The molecular formula is C48H39NS. The number of rotatable bonds is 5. The topological polar surface area (TPSA) is 3.24 Å². The van der Waals surface area contributed by atoms with Crippen molar-refractivity contribution in [1.29, 1.82) is 0 Å². The molecule has 0 saturated carbocycles. The Balaban J connectivity index is 1.26. The Morgan fingerprint density at radius 3 is 1.90 bits per heavy atom. The summed E-state index contributed by atoms with van der Waals surface area (Å²) in [5, 5.41) is 2.60. The van der Waals surface area contributed by atoms with Crippen molar-refractivity contribution in [3.05, 3.63) is 175 Å². The van der Waals surface area contributed by atoms with Crippen molar-refractivity contribution in [2.24, 2.45) is 0 Å². The molecule has 1 aliphatic carbocycles. The van der Waals surface area contributed by atoms with Gasteiger partial charge in [-0.15, -0.1) is 11.3 Å². The zero-order valence-corrected chi connectivity index (χ0v) is 29.8.